The van der Waals surface area contributed by atoms with Gasteiger partial charge in [-0.15, -0.1) is 0 Å². The molecule has 0 saturated carbocycles. The number of rotatable bonds is 4. The van der Waals surface area contributed by atoms with E-state index in [1.165, 1.54) is 23.1 Å². The van der Waals surface area contributed by atoms with Crippen LogP contribution in [-0.4, -0.2) is 0 Å². The second-order valence-electron chi connectivity index (χ2n) is 5.73. The van der Waals surface area contributed by atoms with Gasteiger partial charge in [-0.05, 0) is 40.9 Å². The van der Waals surface area contributed by atoms with E-state index in [0.717, 1.165) is 5.69 Å². The van der Waals surface area contributed by atoms with Crippen molar-refractivity contribution >= 4 is 5.69 Å². The molecule has 0 spiro atoms. The molecule has 1 aromatic rings. The molecule has 1 aromatic carbocycles. The molecular weight excluding hydrogens is 206 g/mol. The highest BCUT2D eigenvalue weighted by Crippen LogP contribution is 2.34. The molecule has 1 unspecified atom stereocenters. The number of hydrogen-bond acceptors (Lipinski definition) is 1. The second kappa shape index (κ2) is 5.57. The van der Waals surface area contributed by atoms with Crippen molar-refractivity contribution in [3.05, 3.63) is 28.8 Å². The van der Waals surface area contributed by atoms with Gasteiger partial charge in [0.05, 0.1) is 0 Å². The number of nitrogens with two attached hydrogens (primary N) is 1. The first-order chi connectivity index (χ1) is 7.88. The fraction of sp³-hybridized carbons (Fsp3) is 0.625. The minimum Gasteiger partial charge on any atom is -0.398 e. The van der Waals surface area contributed by atoms with E-state index in [0.29, 0.717) is 17.8 Å². The van der Waals surface area contributed by atoms with Crippen molar-refractivity contribution in [3.8, 4) is 0 Å². The first-order valence-corrected chi connectivity index (χ1v) is 6.81. The van der Waals surface area contributed by atoms with E-state index in [9.17, 15) is 0 Å². The third-order valence-corrected chi connectivity index (χ3v) is 3.69. The maximum atomic E-state index is 6.30. The van der Waals surface area contributed by atoms with E-state index in [2.05, 4.69) is 53.7 Å². The molecule has 0 aliphatic carbocycles. The summed E-state index contributed by atoms with van der Waals surface area (Å²) in [7, 11) is 0. The SMILES string of the molecule is CCC(C)c1cc(C(C)C)c(N)c(C(C)C)c1. The minimum absolute atomic E-state index is 0.497. The van der Waals surface area contributed by atoms with Crippen LogP contribution >= 0.6 is 0 Å². The Morgan fingerprint density at radius 1 is 0.941 bits per heavy atom. The Kier molecular flexibility index (Phi) is 4.62. The van der Waals surface area contributed by atoms with Crippen molar-refractivity contribution in [2.24, 2.45) is 0 Å². The molecule has 1 nitrogen and oxygen atoms in total. The lowest BCUT2D eigenvalue weighted by Crippen LogP contribution is -2.06. The standard InChI is InChI=1S/C16H27N/c1-7-12(6)13-8-14(10(2)3)16(17)15(9-13)11(4)5/h8-12H,7,17H2,1-6H3. The normalized spacial score (nSPS) is 13.4. The van der Waals surface area contributed by atoms with E-state index in [4.69, 9.17) is 5.73 Å². The summed E-state index contributed by atoms with van der Waals surface area (Å²) in [6.45, 7) is 13.4. The average molecular weight is 233 g/mol. The van der Waals surface area contributed by atoms with Crippen LogP contribution in [0.2, 0.25) is 0 Å². The van der Waals surface area contributed by atoms with E-state index in [1.807, 2.05) is 0 Å². The molecule has 17 heavy (non-hydrogen) atoms. The Morgan fingerprint density at radius 2 is 1.35 bits per heavy atom. The Labute approximate surface area is 106 Å². The fourth-order valence-electron chi connectivity index (χ4n) is 2.20. The van der Waals surface area contributed by atoms with Crippen LogP contribution in [0.3, 0.4) is 0 Å². The van der Waals surface area contributed by atoms with Gasteiger partial charge < -0.3 is 5.73 Å². The summed E-state index contributed by atoms with van der Waals surface area (Å²) < 4.78 is 0. The highest BCUT2D eigenvalue weighted by atomic mass is 14.6. The van der Waals surface area contributed by atoms with Crippen molar-refractivity contribution in [3.63, 3.8) is 0 Å². The van der Waals surface area contributed by atoms with Crippen LogP contribution < -0.4 is 5.73 Å². The molecule has 0 aliphatic heterocycles. The lowest BCUT2D eigenvalue weighted by molar-refractivity contribution is 0.724. The third-order valence-electron chi connectivity index (χ3n) is 3.69. The van der Waals surface area contributed by atoms with Crippen LogP contribution in [0.1, 0.15) is 82.4 Å². The summed E-state index contributed by atoms with van der Waals surface area (Å²) in [5.74, 6) is 1.61. The highest BCUT2D eigenvalue weighted by molar-refractivity contribution is 5.58. The summed E-state index contributed by atoms with van der Waals surface area (Å²) in [6, 6.07) is 4.61. The first kappa shape index (κ1) is 14.1. The largest absolute Gasteiger partial charge is 0.398 e. The summed E-state index contributed by atoms with van der Waals surface area (Å²) in [6.07, 6.45) is 1.18. The highest BCUT2D eigenvalue weighted by Gasteiger charge is 2.15. The molecule has 0 radical (unpaired) electrons. The Balaban J connectivity index is 3.36. The summed E-state index contributed by atoms with van der Waals surface area (Å²) in [5.41, 5.74) is 11.4. The minimum atomic E-state index is 0.497. The number of anilines is 1. The van der Waals surface area contributed by atoms with Crippen LogP contribution in [0.15, 0.2) is 12.1 Å². The summed E-state index contributed by atoms with van der Waals surface area (Å²) in [5, 5.41) is 0. The molecule has 0 heterocycles. The Morgan fingerprint density at radius 3 is 1.65 bits per heavy atom. The fourth-order valence-corrected chi connectivity index (χ4v) is 2.20. The zero-order valence-corrected chi connectivity index (χ0v) is 12.2. The summed E-state index contributed by atoms with van der Waals surface area (Å²) in [4.78, 5) is 0. The number of nitrogen functional groups attached to an aromatic ring is 1. The molecular formula is C16H27N. The molecule has 2 N–H and O–H groups in total. The van der Waals surface area contributed by atoms with Gasteiger partial charge in [0, 0.05) is 5.69 Å². The van der Waals surface area contributed by atoms with E-state index in [-0.39, 0.29) is 0 Å². The zero-order valence-electron chi connectivity index (χ0n) is 12.2. The molecule has 0 aromatic heterocycles. The molecule has 96 valence electrons. The van der Waals surface area contributed by atoms with Gasteiger partial charge in [0.2, 0.25) is 0 Å². The predicted molar refractivity (Wildman–Crippen MR) is 77.7 cm³/mol. The van der Waals surface area contributed by atoms with Gasteiger partial charge in [-0.1, -0.05) is 53.7 Å². The van der Waals surface area contributed by atoms with E-state index in [1.54, 1.807) is 0 Å². The third kappa shape index (κ3) is 3.02. The van der Waals surface area contributed by atoms with Gasteiger partial charge in [-0.3, -0.25) is 0 Å². The zero-order chi connectivity index (χ0) is 13.2. The molecule has 0 saturated heterocycles. The van der Waals surface area contributed by atoms with Crippen LogP contribution in [0.25, 0.3) is 0 Å². The molecule has 0 amide bonds. The number of hydrogen-bond donors (Lipinski definition) is 1. The van der Waals surface area contributed by atoms with Crippen molar-refractivity contribution in [2.45, 2.75) is 65.7 Å². The van der Waals surface area contributed by atoms with Gasteiger partial charge in [0.15, 0.2) is 0 Å². The monoisotopic (exact) mass is 233 g/mol. The van der Waals surface area contributed by atoms with Crippen molar-refractivity contribution in [2.75, 3.05) is 5.73 Å². The second-order valence-corrected chi connectivity index (χ2v) is 5.73. The molecule has 0 aliphatic rings. The van der Waals surface area contributed by atoms with Gasteiger partial charge in [-0.2, -0.15) is 0 Å². The number of benzene rings is 1. The molecule has 0 fully saturated rings. The molecule has 1 heteroatoms. The van der Waals surface area contributed by atoms with Gasteiger partial charge in [-0.25, -0.2) is 0 Å². The lowest BCUT2D eigenvalue weighted by Gasteiger charge is -2.21. The molecule has 1 atom stereocenters. The van der Waals surface area contributed by atoms with Crippen molar-refractivity contribution in [1.82, 2.24) is 0 Å². The summed E-state index contributed by atoms with van der Waals surface area (Å²) >= 11 is 0. The Bertz CT molecular complexity index is 348. The van der Waals surface area contributed by atoms with Crippen molar-refractivity contribution in [1.29, 1.82) is 0 Å². The quantitative estimate of drug-likeness (QED) is 0.725. The van der Waals surface area contributed by atoms with Gasteiger partial charge in [0.25, 0.3) is 0 Å². The van der Waals surface area contributed by atoms with Gasteiger partial charge in [0.1, 0.15) is 0 Å². The van der Waals surface area contributed by atoms with E-state index >= 15 is 0 Å². The van der Waals surface area contributed by atoms with Crippen molar-refractivity contribution < 1.29 is 0 Å². The Hall–Kier alpha value is -0.980. The van der Waals surface area contributed by atoms with Gasteiger partial charge >= 0.3 is 0 Å². The van der Waals surface area contributed by atoms with Crippen LogP contribution in [0.4, 0.5) is 5.69 Å². The predicted octanol–water partition coefficient (Wildman–Crippen LogP) is 5.03. The van der Waals surface area contributed by atoms with Crippen LogP contribution in [0, 0.1) is 0 Å². The maximum absolute atomic E-state index is 6.30. The van der Waals surface area contributed by atoms with E-state index < -0.39 is 0 Å². The molecule has 1 rings (SSSR count). The maximum Gasteiger partial charge on any atom is 0.0384 e. The van der Waals surface area contributed by atoms with Crippen LogP contribution in [0.5, 0.6) is 0 Å². The average Bonchev–Trinajstić information content (AvgIpc) is 2.27. The molecule has 0 bridgehead atoms. The lowest BCUT2D eigenvalue weighted by atomic mass is 9.86. The topological polar surface area (TPSA) is 26.0 Å². The van der Waals surface area contributed by atoms with Crippen LogP contribution in [-0.2, 0) is 0 Å². The smallest absolute Gasteiger partial charge is 0.0384 e. The first-order valence-electron chi connectivity index (χ1n) is 6.81.